The molecule has 17 heavy (non-hydrogen) atoms. The lowest BCUT2D eigenvalue weighted by Gasteiger charge is -2.49. The first-order chi connectivity index (χ1) is 7.90. The number of nitrogens with zero attached hydrogens (tertiary/aromatic N) is 1. The highest BCUT2D eigenvalue weighted by Gasteiger charge is 2.43. The van der Waals surface area contributed by atoms with E-state index in [4.69, 9.17) is 11.6 Å². The summed E-state index contributed by atoms with van der Waals surface area (Å²) in [5, 5.41) is 10.7. The Balaban J connectivity index is 1.98. The molecule has 1 aliphatic rings. The van der Waals surface area contributed by atoms with Gasteiger partial charge in [0.05, 0.1) is 5.60 Å². The molecular weight excluding hydrogens is 241 g/mol. The average molecular weight is 258 g/mol. The third-order valence-corrected chi connectivity index (χ3v) is 3.84. The summed E-state index contributed by atoms with van der Waals surface area (Å²) in [6.07, 6.45) is 0. The first-order valence-corrected chi connectivity index (χ1v) is 6.17. The van der Waals surface area contributed by atoms with Crippen molar-refractivity contribution in [1.82, 2.24) is 4.90 Å². The van der Waals surface area contributed by atoms with Crippen LogP contribution in [0.3, 0.4) is 0 Å². The van der Waals surface area contributed by atoms with Gasteiger partial charge in [0, 0.05) is 24.7 Å². The summed E-state index contributed by atoms with van der Waals surface area (Å²) in [6.45, 7) is 5.85. The minimum atomic E-state index is -0.597. The maximum absolute atomic E-state index is 13.1. The Bertz CT molecular complexity index is 416. The molecule has 0 saturated carbocycles. The molecule has 1 aliphatic heterocycles. The fraction of sp³-hybridized carbons (Fsp3) is 0.538. The second kappa shape index (κ2) is 4.56. The summed E-state index contributed by atoms with van der Waals surface area (Å²) in [6, 6.07) is 4.38. The van der Waals surface area contributed by atoms with Crippen LogP contribution in [0.15, 0.2) is 18.2 Å². The van der Waals surface area contributed by atoms with Gasteiger partial charge in [-0.3, -0.25) is 4.90 Å². The molecule has 94 valence electrons. The van der Waals surface area contributed by atoms with Gasteiger partial charge in [-0.25, -0.2) is 4.39 Å². The number of rotatable bonds is 3. The van der Waals surface area contributed by atoms with E-state index in [9.17, 15) is 9.50 Å². The highest BCUT2D eigenvalue weighted by atomic mass is 35.5. The quantitative estimate of drug-likeness (QED) is 0.900. The third kappa shape index (κ3) is 2.62. The van der Waals surface area contributed by atoms with Gasteiger partial charge in [0.1, 0.15) is 5.82 Å². The van der Waals surface area contributed by atoms with Gasteiger partial charge >= 0.3 is 0 Å². The van der Waals surface area contributed by atoms with Gasteiger partial charge in [-0.05, 0) is 29.7 Å². The van der Waals surface area contributed by atoms with Gasteiger partial charge in [-0.2, -0.15) is 0 Å². The zero-order valence-electron chi connectivity index (χ0n) is 10.1. The van der Waals surface area contributed by atoms with Crippen molar-refractivity contribution in [1.29, 1.82) is 0 Å². The van der Waals surface area contributed by atoms with Gasteiger partial charge in [0.2, 0.25) is 0 Å². The van der Waals surface area contributed by atoms with Crippen LogP contribution < -0.4 is 0 Å². The molecule has 1 fully saturated rings. The fourth-order valence-corrected chi connectivity index (χ4v) is 2.29. The summed E-state index contributed by atoms with van der Waals surface area (Å²) in [5.41, 5.74) is 0.178. The average Bonchev–Trinajstić information content (AvgIpc) is 2.20. The monoisotopic (exact) mass is 257 g/mol. The van der Waals surface area contributed by atoms with E-state index in [0.29, 0.717) is 24.7 Å². The normalized spacial score (nSPS) is 19.4. The molecule has 0 aliphatic carbocycles. The topological polar surface area (TPSA) is 23.5 Å². The van der Waals surface area contributed by atoms with Crippen molar-refractivity contribution >= 4 is 11.6 Å². The summed E-state index contributed by atoms with van der Waals surface area (Å²) >= 11 is 6.00. The molecule has 1 saturated heterocycles. The van der Waals surface area contributed by atoms with Crippen molar-refractivity contribution in [3.63, 3.8) is 0 Å². The van der Waals surface area contributed by atoms with E-state index in [1.165, 1.54) is 12.1 Å². The van der Waals surface area contributed by atoms with E-state index >= 15 is 0 Å². The fourth-order valence-electron chi connectivity index (χ4n) is 2.11. The Kier molecular flexibility index (Phi) is 3.43. The smallest absolute Gasteiger partial charge is 0.123 e. The number of aliphatic hydroxyl groups is 1. The Morgan fingerprint density at radius 2 is 2.12 bits per heavy atom. The van der Waals surface area contributed by atoms with Gasteiger partial charge < -0.3 is 5.11 Å². The van der Waals surface area contributed by atoms with Gasteiger partial charge in [-0.1, -0.05) is 25.4 Å². The Hall–Kier alpha value is -0.640. The van der Waals surface area contributed by atoms with Gasteiger partial charge in [0.25, 0.3) is 0 Å². The number of halogens is 2. The maximum Gasteiger partial charge on any atom is 0.123 e. The number of hydrogen-bond acceptors (Lipinski definition) is 2. The molecule has 4 heteroatoms. The SMILES string of the molecule is CC(C)C1(O)CN(Cc2cc(F)ccc2Cl)C1. The molecule has 1 heterocycles. The van der Waals surface area contributed by atoms with Crippen LogP contribution in [-0.2, 0) is 6.54 Å². The van der Waals surface area contributed by atoms with Gasteiger partial charge in [-0.15, -0.1) is 0 Å². The van der Waals surface area contributed by atoms with E-state index < -0.39 is 5.60 Å². The predicted octanol–water partition coefficient (Wildman–Crippen LogP) is 2.68. The van der Waals surface area contributed by atoms with Crippen molar-refractivity contribution in [2.45, 2.75) is 26.0 Å². The Morgan fingerprint density at radius 1 is 1.47 bits per heavy atom. The summed E-state index contributed by atoms with van der Waals surface area (Å²) in [5.74, 6) is -0.0363. The lowest BCUT2D eigenvalue weighted by molar-refractivity contribution is -0.130. The second-order valence-electron chi connectivity index (χ2n) is 5.14. The standard InChI is InChI=1S/C13H17ClFNO/c1-9(2)13(17)7-16(8-13)6-10-5-11(15)3-4-12(10)14/h3-5,9,17H,6-8H2,1-2H3. The minimum absolute atomic E-state index is 0.238. The first kappa shape index (κ1) is 12.8. The Labute approximate surface area is 106 Å². The third-order valence-electron chi connectivity index (χ3n) is 3.47. The first-order valence-electron chi connectivity index (χ1n) is 5.79. The van der Waals surface area contributed by atoms with E-state index in [0.717, 1.165) is 5.56 Å². The van der Waals surface area contributed by atoms with Crippen LogP contribution in [0.4, 0.5) is 4.39 Å². The second-order valence-corrected chi connectivity index (χ2v) is 5.55. The van der Waals surface area contributed by atoms with Crippen LogP contribution in [0.5, 0.6) is 0 Å². The van der Waals surface area contributed by atoms with Crippen molar-refractivity contribution in [3.8, 4) is 0 Å². The number of hydrogen-bond donors (Lipinski definition) is 1. The summed E-state index contributed by atoms with van der Waals surface area (Å²) < 4.78 is 13.1. The van der Waals surface area contributed by atoms with Crippen LogP contribution in [-0.4, -0.2) is 28.7 Å². The van der Waals surface area contributed by atoms with E-state index in [1.807, 2.05) is 13.8 Å². The van der Waals surface area contributed by atoms with Gasteiger partial charge in [0.15, 0.2) is 0 Å². The lowest BCUT2D eigenvalue weighted by atomic mass is 9.83. The molecule has 1 aromatic rings. The molecule has 0 spiro atoms. The molecular formula is C13H17ClFNO. The van der Waals surface area contributed by atoms with E-state index in [-0.39, 0.29) is 11.7 Å². The number of β-amino-alcohol motifs (C(OH)–C–C–N with tert-alkyl or cyclic N) is 1. The van der Waals surface area contributed by atoms with Crippen LogP contribution in [0.25, 0.3) is 0 Å². The number of likely N-dealkylation sites (tertiary alicyclic amines) is 1. The van der Waals surface area contributed by atoms with E-state index in [1.54, 1.807) is 6.07 Å². The highest BCUT2D eigenvalue weighted by Crippen LogP contribution is 2.31. The molecule has 0 aromatic heterocycles. The molecule has 0 atom stereocenters. The zero-order valence-corrected chi connectivity index (χ0v) is 10.8. The molecule has 2 nitrogen and oxygen atoms in total. The van der Waals surface area contributed by atoms with Crippen molar-refractivity contribution in [2.75, 3.05) is 13.1 Å². The minimum Gasteiger partial charge on any atom is -0.387 e. The van der Waals surface area contributed by atoms with Crippen LogP contribution in [0, 0.1) is 11.7 Å². The predicted molar refractivity (Wildman–Crippen MR) is 66.5 cm³/mol. The van der Waals surface area contributed by atoms with E-state index in [2.05, 4.69) is 4.90 Å². The number of benzene rings is 1. The van der Waals surface area contributed by atoms with Crippen molar-refractivity contribution in [3.05, 3.63) is 34.6 Å². The summed E-state index contributed by atoms with van der Waals surface area (Å²) in [4.78, 5) is 2.07. The summed E-state index contributed by atoms with van der Waals surface area (Å²) in [7, 11) is 0. The highest BCUT2D eigenvalue weighted by molar-refractivity contribution is 6.31. The van der Waals surface area contributed by atoms with Crippen molar-refractivity contribution < 1.29 is 9.50 Å². The molecule has 1 N–H and O–H groups in total. The largest absolute Gasteiger partial charge is 0.387 e. The lowest BCUT2D eigenvalue weighted by Crippen LogP contribution is -2.63. The molecule has 1 aromatic carbocycles. The molecule has 0 bridgehead atoms. The molecule has 2 rings (SSSR count). The van der Waals surface area contributed by atoms with Crippen molar-refractivity contribution in [2.24, 2.45) is 5.92 Å². The van der Waals surface area contributed by atoms with Crippen LogP contribution in [0.2, 0.25) is 5.02 Å². The molecule has 0 amide bonds. The molecule has 0 unspecified atom stereocenters. The van der Waals surface area contributed by atoms with Crippen LogP contribution >= 0.6 is 11.6 Å². The zero-order chi connectivity index (χ0) is 12.6. The Morgan fingerprint density at radius 3 is 2.71 bits per heavy atom. The maximum atomic E-state index is 13.1. The van der Waals surface area contributed by atoms with Crippen LogP contribution in [0.1, 0.15) is 19.4 Å². The molecule has 0 radical (unpaired) electrons.